The fourth-order valence-corrected chi connectivity index (χ4v) is 5.16. The van der Waals surface area contributed by atoms with Crippen LogP contribution in [0.2, 0.25) is 0 Å². The molecular weight excluding hydrogens is 312 g/mol. The number of sulfone groups is 1. The minimum atomic E-state index is -2.93. The Morgan fingerprint density at radius 2 is 2.19 bits per heavy atom. The van der Waals surface area contributed by atoms with E-state index in [1.807, 2.05) is 0 Å². The number of rotatable bonds is 3. The van der Waals surface area contributed by atoms with Gasteiger partial charge in [-0.2, -0.15) is 0 Å². The van der Waals surface area contributed by atoms with Gasteiger partial charge in [0.25, 0.3) is 5.91 Å². The first-order valence-corrected chi connectivity index (χ1v) is 9.07. The van der Waals surface area contributed by atoms with Gasteiger partial charge in [0, 0.05) is 18.9 Å². The number of aromatic nitrogens is 2. The van der Waals surface area contributed by atoms with Crippen LogP contribution in [0, 0.1) is 5.92 Å². The first-order valence-electron chi connectivity index (χ1n) is 6.44. The predicted molar refractivity (Wildman–Crippen MR) is 80.9 cm³/mol. The number of anilines is 1. The highest BCUT2D eigenvalue weighted by Crippen LogP contribution is 2.30. The molecule has 2 aromatic heterocycles. The normalized spacial score (nSPS) is 20.7. The summed E-state index contributed by atoms with van der Waals surface area (Å²) in [6, 6.07) is 0. The van der Waals surface area contributed by atoms with Crippen LogP contribution in [-0.4, -0.2) is 42.3 Å². The zero-order valence-corrected chi connectivity index (χ0v) is 12.7. The SMILES string of the molecule is Nc1c(C(=O)NCC2CCS(=O)(=O)C2)sc2nccnc12. The number of nitrogens with zero attached hydrogens (tertiary/aromatic N) is 2. The van der Waals surface area contributed by atoms with Crippen molar-refractivity contribution < 1.29 is 13.2 Å². The molecule has 1 amide bonds. The molecule has 1 aliphatic rings. The Labute approximate surface area is 125 Å². The summed E-state index contributed by atoms with van der Waals surface area (Å²) in [5, 5.41) is 2.75. The number of fused-ring (bicyclic) bond motifs is 1. The summed E-state index contributed by atoms with van der Waals surface area (Å²) in [5.74, 6) is 0.0115. The molecule has 3 rings (SSSR count). The number of nitrogens with one attached hydrogen (secondary N) is 1. The van der Waals surface area contributed by atoms with Crippen LogP contribution in [-0.2, 0) is 9.84 Å². The maximum Gasteiger partial charge on any atom is 0.263 e. The van der Waals surface area contributed by atoms with Crippen molar-refractivity contribution in [3.8, 4) is 0 Å². The Bertz CT molecular complexity index is 800. The Balaban J connectivity index is 1.71. The Kier molecular flexibility index (Phi) is 3.54. The minimum Gasteiger partial charge on any atom is -0.396 e. The molecule has 2 aromatic rings. The van der Waals surface area contributed by atoms with Crippen molar-refractivity contribution >= 4 is 43.1 Å². The molecule has 1 atom stereocenters. The van der Waals surface area contributed by atoms with E-state index in [0.29, 0.717) is 33.9 Å². The van der Waals surface area contributed by atoms with Gasteiger partial charge in [-0.1, -0.05) is 0 Å². The second-order valence-corrected chi connectivity index (χ2v) is 8.26. The lowest BCUT2D eigenvalue weighted by Crippen LogP contribution is -2.29. The summed E-state index contributed by atoms with van der Waals surface area (Å²) in [6.45, 7) is 0.340. The van der Waals surface area contributed by atoms with Crippen LogP contribution in [0.25, 0.3) is 10.3 Å². The van der Waals surface area contributed by atoms with Crippen LogP contribution in [0.5, 0.6) is 0 Å². The standard InChI is InChI=1S/C12H14N4O3S2/c13-8-9-12(15-3-2-14-9)20-10(8)11(17)16-5-7-1-4-21(18,19)6-7/h2-3,7H,1,4-6,13H2,(H,16,17). The van der Waals surface area contributed by atoms with Crippen molar-refractivity contribution in [1.82, 2.24) is 15.3 Å². The van der Waals surface area contributed by atoms with Gasteiger partial charge in [0.05, 0.1) is 17.2 Å². The minimum absolute atomic E-state index is 0.0224. The number of hydrogen-bond acceptors (Lipinski definition) is 7. The summed E-state index contributed by atoms with van der Waals surface area (Å²) in [6.07, 6.45) is 3.66. The molecular formula is C12H14N4O3S2. The fourth-order valence-electron chi connectivity index (χ4n) is 2.36. The number of carbonyl (C=O) groups is 1. The molecule has 1 fully saturated rings. The Morgan fingerprint density at radius 3 is 2.86 bits per heavy atom. The summed E-state index contributed by atoms with van der Waals surface area (Å²) < 4.78 is 22.8. The third-order valence-corrected chi connectivity index (χ3v) is 6.39. The van der Waals surface area contributed by atoms with E-state index < -0.39 is 9.84 Å². The number of nitrogen functional groups attached to an aromatic ring is 1. The van der Waals surface area contributed by atoms with Crippen LogP contribution in [0.4, 0.5) is 5.69 Å². The van der Waals surface area contributed by atoms with E-state index in [9.17, 15) is 13.2 Å². The topological polar surface area (TPSA) is 115 Å². The lowest BCUT2D eigenvalue weighted by Gasteiger charge is -2.08. The third-order valence-electron chi connectivity index (χ3n) is 3.45. The van der Waals surface area contributed by atoms with E-state index in [2.05, 4.69) is 15.3 Å². The molecule has 0 aromatic carbocycles. The molecule has 0 saturated carbocycles. The first kappa shape index (κ1) is 14.2. The van der Waals surface area contributed by atoms with Gasteiger partial charge < -0.3 is 11.1 Å². The van der Waals surface area contributed by atoms with Gasteiger partial charge >= 0.3 is 0 Å². The van der Waals surface area contributed by atoms with E-state index in [-0.39, 0.29) is 23.3 Å². The molecule has 0 aliphatic carbocycles. The highest BCUT2D eigenvalue weighted by Gasteiger charge is 2.28. The van der Waals surface area contributed by atoms with Gasteiger partial charge in [-0.05, 0) is 12.3 Å². The highest BCUT2D eigenvalue weighted by molar-refractivity contribution is 7.91. The van der Waals surface area contributed by atoms with Crippen LogP contribution >= 0.6 is 11.3 Å². The highest BCUT2D eigenvalue weighted by atomic mass is 32.2. The second-order valence-electron chi connectivity index (χ2n) is 5.03. The lowest BCUT2D eigenvalue weighted by molar-refractivity contribution is 0.0953. The summed E-state index contributed by atoms with van der Waals surface area (Å²) >= 11 is 1.19. The van der Waals surface area contributed by atoms with Crippen molar-refractivity contribution in [2.24, 2.45) is 5.92 Å². The fraction of sp³-hybridized carbons (Fsp3) is 0.417. The van der Waals surface area contributed by atoms with Crippen LogP contribution < -0.4 is 11.1 Å². The maximum absolute atomic E-state index is 12.2. The third kappa shape index (κ3) is 2.84. The van der Waals surface area contributed by atoms with Crippen molar-refractivity contribution in [1.29, 1.82) is 0 Å². The molecule has 1 saturated heterocycles. The molecule has 7 nitrogen and oxygen atoms in total. The first-order chi connectivity index (χ1) is 9.96. The molecule has 21 heavy (non-hydrogen) atoms. The number of carbonyl (C=O) groups excluding carboxylic acids is 1. The summed E-state index contributed by atoms with van der Waals surface area (Å²) in [4.78, 5) is 21.4. The molecule has 1 aliphatic heterocycles. The molecule has 3 heterocycles. The second kappa shape index (κ2) is 5.23. The number of hydrogen-bond donors (Lipinski definition) is 2. The quantitative estimate of drug-likeness (QED) is 0.845. The largest absolute Gasteiger partial charge is 0.396 e. The van der Waals surface area contributed by atoms with Gasteiger partial charge in [0.2, 0.25) is 0 Å². The number of thiophene rings is 1. The average molecular weight is 326 g/mol. The van der Waals surface area contributed by atoms with Crippen LogP contribution in [0.3, 0.4) is 0 Å². The smallest absolute Gasteiger partial charge is 0.263 e. The average Bonchev–Trinajstić information content (AvgIpc) is 2.97. The molecule has 112 valence electrons. The monoisotopic (exact) mass is 326 g/mol. The van der Waals surface area contributed by atoms with E-state index in [4.69, 9.17) is 5.73 Å². The maximum atomic E-state index is 12.2. The van der Waals surface area contributed by atoms with E-state index in [0.717, 1.165) is 0 Å². The summed E-state index contributed by atoms with van der Waals surface area (Å²) in [7, 11) is -2.93. The van der Waals surface area contributed by atoms with Gasteiger partial charge in [0.15, 0.2) is 9.84 Å². The molecule has 1 unspecified atom stereocenters. The number of amides is 1. The van der Waals surface area contributed by atoms with Gasteiger partial charge in [0.1, 0.15) is 15.2 Å². The van der Waals surface area contributed by atoms with Crippen molar-refractivity contribution in [3.05, 3.63) is 17.3 Å². The lowest BCUT2D eigenvalue weighted by atomic mass is 10.1. The molecule has 0 spiro atoms. The van der Waals surface area contributed by atoms with Crippen molar-refractivity contribution in [2.75, 3.05) is 23.8 Å². The molecule has 0 radical (unpaired) electrons. The van der Waals surface area contributed by atoms with E-state index in [1.54, 1.807) is 6.20 Å². The van der Waals surface area contributed by atoms with E-state index in [1.165, 1.54) is 17.5 Å². The van der Waals surface area contributed by atoms with Gasteiger partial charge in [-0.15, -0.1) is 11.3 Å². The van der Waals surface area contributed by atoms with Crippen molar-refractivity contribution in [2.45, 2.75) is 6.42 Å². The molecule has 3 N–H and O–H groups in total. The van der Waals surface area contributed by atoms with Crippen LogP contribution in [0.15, 0.2) is 12.4 Å². The molecule has 9 heteroatoms. The van der Waals surface area contributed by atoms with Gasteiger partial charge in [-0.3, -0.25) is 4.79 Å². The van der Waals surface area contributed by atoms with Crippen LogP contribution in [0.1, 0.15) is 16.1 Å². The Hall–Kier alpha value is -1.74. The zero-order chi connectivity index (χ0) is 15.0. The van der Waals surface area contributed by atoms with Gasteiger partial charge in [-0.25, -0.2) is 18.4 Å². The summed E-state index contributed by atoms with van der Waals surface area (Å²) in [5.41, 5.74) is 6.76. The Morgan fingerprint density at radius 1 is 1.43 bits per heavy atom. The number of nitrogens with two attached hydrogens (primary N) is 1. The van der Waals surface area contributed by atoms with Crippen molar-refractivity contribution in [3.63, 3.8) is 0 Å². The molecule has 0 bridgehead atoms. The van der Waals surface area contributed by atoms with E-state index >= 15 is 0 Å². The predicted octanol–water partition coefficient (Wildman–Crippen LogP) is 0.438. The zero-order valence-electron chi connectivity index (χ0n) is 11.1.